The van der Waals surface area contributed by atoms with Crippen LogP contribution in [-0.2, 0) is 6.54 Å². The second-order valence-corrected chi connectivity index (χ2v) is 4.66. The van der Waals surface area contributed by atoms with Gasteiger partial charge in [-0.15, -0.1) is 6.58 Å². The van der Waals surface area contributed by atoms with Crippen molar-refractivity contribution in [3.05, 3.63) is 30.5 Å². The Labute approximate surface area is 114 Å². The van der Waals surface area contributed by atoms with E-state index in [9.17, 15) is 0 Å². The molecule has 0 radical (unpaired) electrons. The summed E-state index contributed by atoms with van der Waals surface area (Å²) in [6, 6.07) is 3.64. The summed E-state index contributed by atoms with van der Waals surface area (Å²) < 4.78 is 5.56. The van der Waals surface area contributed by atoms with E-state index in [4.69, 9.17) is 15.9 Å². The molecule has 6 nitrogen and oxygen atoms in total. The molecule has 2 rings (SSSR count). The first-order valence-corrected chi connectivity index (χ1v) is 6.47. The van der Waals surface area contributed by atoms with Crippen molar-refractivity contribution in [1.29, 1.82) is 0 Å². The van der Waals surface area contributed by atoms with Gasteiger partial charge in [0.2, 0.25) is 0 Å². The highest BCUT2D eigenvalue weighted by atomic mass is 32.1. The van der Waals surface area contributed by atoms with Gasteiger partial charge >= 0.3 is 0 Å². The van der Waals surface area contributed by atoms with Gasteiger partial charge in [0.05, 0.1) is 19.4 Å². The summed E-state index contributed by atoms with van der Waals surface area (Å²) in [5.41, 5.74) is 11.9. The van der Waals surface area contributed by atoms with Crippen LogP contribution in [0.25, 0.3) is 11.5 Å². The Balaban J connectivity index is 2.22. The summed E-state index contributed by atoms with van der Waals surface area (Å²) in [5.74, 6) is 1.33. The third-order valence-corrected chi connectivity index (χ3v) is 3.08. The van der Waals surface area contributed by atoms with E-state index in [-0.39, 0.29) is 0 Å². The van der Waals surface area contributed by atoms with Crippen LogP contribution in [0.2, 0.25) is 0 Å². The Bertz CT molecular complexity index is 587. The van der Waals surface area contributed by atoms with Crippen molar-refractivity contribution >= 4 is 27.8 Å². The SMILES string of the molecule is C=CCN=CNc1sc(N)nc1-c1ccc(CN)o1. The van der Waals surface area contributed by atoms with Gasteiger partial charge in [0.15, 0.2) is 10.9 Å². The molecule has 0 bridgehead atoms. The van der Waals surface area contributed by atoms with Crippen molar-refractivity contribution in [2.45, 2.75) is 6.54 Å². The highest BCUT2D eigenvalue weighted by Gasteiger charge is 2.14. The van der Waals surface area contributed by atoms with Crippen molar-refractivity contribution in [1.82, 2.24) is 4.98 Å². The minimum atomic E-state index is 0.350. The van der Waals surface area contributed by atoms with Crippen LogP contribution in [-0.4, -0.2) is 17.9 Å². The number of furan rings is 1. The van der Waals surface area contributed by atoms with Crippen LogP contribution < -0.4 is 16.8 Å². The number of hydrogen-bond acceptors (Lipinski definition) is 6. The molecule has 0 atom stereocenters. The van der Waals surface area contributed by atoms with Crippen molar-refractivity contribution in [3.8, 4) is 11.5 Å². The third kappa shape index (κ3) is 3.21. The van der Waals surface area contributed by atoms with Gasteiger partial charge in [-0.2, -0.15) is 0 Å². The monoisotopic (exact) mass is 277 g/mol. The predicted octanol–water partition coefficient (Wildman–Crippen LogP) is 2.07. The van der Waals surface area contributed by atoms with Crippen molar-refractivity contribution < 1.29 is 4.42 Å². The first-order valence-electron chi connectivity index (χ1n) is 5.65. The maximum atomic E-state index is 5.73. The Kier molecular flexibility index (Phi) is 4.32. The van der Waals surface area contributed by atoms with Gasteiger partial charge in [0.25, 0.3) is 0 Å². The van der Waals surface area contributed by atoms with E-state index >= 15 is 0 Å². The van der Waals surface area contributed by atoms with Crippen LogP contribution in [0, 0.1) is 0 Å². The average molecular weight is 277 g/mol. The van der Waals surface area contributed by atoms with E-state index < -0.39 is 0 Å². The summed E-state index contributed by atoms with van der Waals surface area (Å²) in [6.45, 7) is 4.49. The number of nitrogens with zero attached hydrogens (tertiary/aromatic N) is 2. The average Bonchev–Trinajstić information content (AvgIpc) is 3.01. The molecular weight excluding hydrogens is 262 g/mol. The van der Waals surface area contributed by atoms with E-state index in [0.717, 1.165) is 5.00 Å². The standard InChI is InChI=1S/C12H15N5OS/c1-2-5-15-7-16-11-10(17-12(14)19-11)9-4-3-8(6-13)18-9/h2-4,7H,1,5-6,13H2,(H2,14,17)(H,15,16). The fraction of sp³-hybridized carbons (Fsp3) is 0.167. The fourth-order valence-electron chi connectivity index (χ4n) is 1.45. The summed E-state index contributed by atoms with van der Waals surface area (Å²) >= 11 is 1.33. The number of thiazole rings is 1. The molecule has 0 aliphatic heterocycles. The molecule has 0 amide bonds. The van der Waals surface area contributed by atoms with Gasteiger partial charge in [-0.3, -0.25) is 4.99 Å². The first-order chi connectivity index (χ1) is 9.24. The summed E-state index contributed by atoms with van der Waals surface area (Å²) in [7, 11) is 0. The molecule has 5 N–H and O–H groups in total. The van der Waals surface area contributed by atoms with Crippen molar-refractivity contribution in [2.24, 2.45) is 10.7 Å². The molecule has 0 aliphatic carbocycles. The van der Waals surface area contributed by atoms with E-state index in [2.05, 4.69) is 21.9 Å². The smallest absolute Gasteiger partial charge is 0.182 e. The van der Waals surface area contributed by atoms with Gasteiger partial charge in [-0.25, -0.2) is 4.98 Å². The fourth-order valence-corrected chi connectivity index (χ4v) is 2.15. The zero-order chi connectivity index (χ0) is 13.7. The van der Waals surface area contributed by atoms with Crippen LogP contribution >= 0.6 is 11.3 Å². The van der Waals surface area contributed by atoms with Crippen molar-refractivity contribution in [3.63, 3.8) is 0 Å². The van der Waals surface area contributed by atoms with Gasteiger partial charge in [-0.1, -0.05) is 17.4 Å². The second kappa shape index (κ2) is 6.17. The molecule has 2 heterocycles. The number of nitrogens with two attached hydrogens (primary N) is 2. The molecule has 7 heteroatoms. The minimum absolute atomic E-state index is 0.350. The van der Waals surface area contributed by atoms with Crippen molar-refractivity contribution in [2.75, 3.05) is 17.6 Å². The lowest BCUT2D eigenvalue weighted by molar-refractivity contribution is 0.524. The Morgan fingerprint density at radius 2 is 2.37 bits per heavy atom. The molecular formula is C12H15N5OS. The first kappa shape index (κ1) is 13.3. The van der Waals surface area contributed by atoms with E-state index in [0.29, 0.717) is 35.4 Å². The molecule has 19 heavy (non-hydrogen) atoms. The number of aromatic nitrogens is 1. The zero-order valence-corrected chi connectivity index (χ0v) is 11.1. The van der Waals surface area contributed by atoms with Gasteiger partial charge in [-0.05, 0) is 12.1 Å². The maximum Gasteiger partial charge on any atom is 0.182 e. The predicted molar refractivity (Wildman–Crippen MR) is 79.3 cm³/mol. The van der Waals surface area contributed by atoms with E-state index in [1.807, 2.05) is 12.1 Å². The number of aliphatic imine (C=N–C) groups is 1. The minimum Gasteiger partial charge on any atom is -0.458 e. The highest BCUT2D eigenvalue weighted by Crippen LogP contribution is 2.34. The quantitative estimate of drug-likeness (QED) is 0.426. The number of anilines is 2. The number of nitrogens with one attached hydrogen (secondary N) is 1. The highest BCUT2D eigenvalue weighted by molar-refractivity contribution is 7.20. The lowest BCUT2D eigenvalue weighted by Crippen LogP contribution is -1.95. The number of nitrogen functional groups attached to an aromatic ring is 1. The number of hydrogen-bond donors (Lipinski definition) is 3. The molecule has 100 valence electrons. The molecule has 0 aromatic carbocycles. The molecule has 0 saturated heterocycles. The molecule has 0 saturated carbocycles. The second-order valence-electron chi connectivity index (χ2n) is 3.63. The normalized spacial score (nSPS) is 11.0. The summed E-state index contributed by atoms with van der Waals surface area (Å²) in [4.78, 5) is 8.33. The van der Waals surface area contributed by atoms with Crippen LogP contribution in [0.4, 0.5) is 10.1 Å². The van der Waals surface area contributed by atoms with Gasteiger partial charge in [0, 0.05) is 0 Å². The largest absolute Gasteiger partial charge is 0.458 e. The molecule has 0 unspecified atom stereocenters. The summed E-state index contributed by atoms with van der Waals surface area (Å²) in [5, 5.41) is 4.28. The molecule has 0 aliphatic rings. The maximum absolute atomic E-state index is 5.73. The Morgan fingerprint density at radius 1 is 1.53 bits per heavy atom. The Morgan fingerprint density at radius 3 is 3.05 bits per heavy atom. The van der Waals surface area contributed by atoms with Gasteiger partial charge < -0.3 is 21.2 Å². The van der Waals surface area contributed by atoms with E-state index in [1.54, 1.807) is 12.4 Å². The van der Waals surface area contributed by atoms with Crippen LogP contribution in [0.1, 0.15) is 5.76 Å². The van der Waals surface area contributed by atoms with Crippen LogP contribution in [0.5, 0.6) is 0 Å². The summed E-state index contributed by atoms with van der Waals surface area (Å²) in [6.07, 6.45) is 3.30. The third-order valence-electron chi connectivity index (χ3n) is 2.26. The lowest BCUT2D eigenvalue weighted by atomic mass is 10.3. The lowest BCUT2D eigenvalue weighted by Gasteiger charge is -1.98. The molecule has 0 spiro atoms. The molecule has 2 aromatic rings. The van der Waals surface area contributed by atoms with Crippen LogP contribution in [0.15, 0.2) is 34.2 Å². The van der Waals surface area contributed by atoms with Crippen LogP contribution in [0.3, 0.4) is 0 Å². The van der Waals surface area contributed by atoms with Gasteiger partial charge in [0.1, 0.15) is 16.5 Å². The Hall–Kier alpha value is -2.12. The topological polar surface area (TPSA) is 102 Å². The zero-order valence-electron chi connectivity index (χ0n) is 10.3. The molecule has 0 fully saturated rings. The number of rotatable bonds is 6. The molecule has 2 aromatic heterocycles. The van der Waals surface area contributed by atoms with E-state index in [1.165, 1.54) is 11.3 Å².